The first-order valence-corrected chi connectivity index (χ1v) is 8.81. The number of nitrogens with zero attached hydrogens (tertiary/aromatic N) is 1. The van der Waals surface area contributed by atoms with Crippen molar-refractivity contribution in [3.8, 4) is 0 Å². The number of anilines is 2. The second kappa shape index (κ2) is 7.92. The Kier molecular flexibility index (Phi) is 5.58. The summed E-state index contributed by atoms with van der Waals surface area (Å²) in [6, 6.07) is 11.3. The molecule has 148 valence electrons. The van der Waals surface area contributed by atoms with Crippen molar-refractivity contribution in [2.75, 3.05) is 23.3 Å². The minimum absolute atomic E-state index is 0.00111. The Morgan fingerprint density at radius 1 is 1.11 bits per heavy atom. The lowest BCUT2D eigenvalue weighted by atomic mass is 10.1. The number of rotatable bonds is 4. The van der Waals surface area contributed by atoms with E-state index in [1.165, 1.54) is 12.1 Å². The SMILES string of the molecule is Cc1ccc(N2C[C@H](CNC(=O)Nc3ccc(C(F)(F)F)cc3)CC2=O)cc1. The number of carbonyl (C=O) groups is 2. The van der Waals surface area contributed by atoms with Crippen molar-refractivity contribution in [2.45, 2.75) is 19.5 Å². The van der Waals surface area contributed by atoms with E-state index in [1.807, 2.05) is 31.2 Å². The van der Waals surface area contributed by atoms with Gasteiger partial charge in [0.1, 0.15) is 0 Å². The molecule has 0 saturated carbocycles. The summed E-state index contributed by atoms with van der Waals surface area (Å²) in [4.78, 5) is 25.9. The van der Waals surface area contributed by atoms with E-state index in [2.05, 4.69) is 10.6 Å². The molecular weight excluding hydrogens is 371 g/mol. The van der Waals surface area contributed by atoms with E-state index in [4.69, 9.17) is 0 Å². The van der Waals surface area contributed by atoms with E-state index in [0.29, 0.717) is 19.5 Å². The maximum Gasteiger partial charge on any atom is 0.416 e. The normalized spacial score (nSPS) is 16.9. The van der Waals surface area contributed by atoms with E-state index in [9.17, 15) is 22.8 Å². The van der Waals surface area contributed by atoms with Crippen LogP contribution in [0.3, 0.4) is 0 Å². The van der Waals surface area contributed by atoms with Crippen molar-refractivity contribution in [3.63, 3.8) is 0 Å². The molecule has 1 aliphatic heterocycles. The third-order valence-electron chi connectivity index (χ3n) is 4.57. The van der Waals surface area contributed by atoms with Crippen LogP contribution in [-0.2, 0) is 11.0 Å². The molecule has 2 N–H and O–H groups in total. The number of carbonyl (C=O) groups excluding carboxylic acids is 2. The van der Waals surface area contributed by atoms with Crippen molar-refractivity contribution < 1.29 is 22.8 Å². The molecule has 28 heavy (non-hydrogen) atoms. The van der Waals surface area contributed by atoms with Gasteiger partial charge >= 0.3 is 12.2 Å². The van der Waals surface area contributed by atoms with Crippen LogP contribution >= 0.6 is 0 Å². The molecule has 0 radical (unpaired) electrons. The van der Waals surface area contributed by atoms with Gasteiger partial charge in [-0.2, -0.15) is 13.2 Å². The largest absolute Gasteiger partial charge is 0.416 e. The third kappa shape index (κ3) is 4.82. The molecule has 3 amide bonds. The minimum atomic E-state index is -4.42. The zero-order valence-electron chi connectivity index (χ0n) is 15.2. The average molecular weight is 391 g/mol. The molecule has 0 spiro atoms. The first-order valence-electron chi connectivity index (χ1n) is 8.81. The summed E-state index contributed by atoms with van der Waals surface area (Å²) in [7, 11) is 0. The molecule has 0 aliphatic carbocycles. The molecule has 1 aliphatic rings. The number of urea groups is 1. The first-order chi connectivity index (χ1) is 13.2. The number of hydrogen-bond acceptors (Lipinski definition) is 2. The molecule has 3 rings (SSSR count). The Balaban J connectivity index is 1.50. The zero-order valence-corrected chi connectivity index (χ0v) is 15.2. The van der Waals surface area contributed by atoms with Crippen LogP contribution in [0, 0.1) is 12.8 Å². The second-order valence-electron chi connectivity index (χ2n) is 6.82. The summed E-state index contributed by atoms with van der Waals surface area (Å²) in [5.41, 5.74) is 1.41. The molecule has 1 fully saturated rings. The standard InChI is InChI=1S/C20H20F3N3O2/c1-13-2-8-17(9-3-13)26-12-14(10-18(26)27)11-24-19(28)25-16-6-4-15(5-7-16)20(21,22)23/h2-9,14H,10-12H2,1H3,(H2,24,25,28)/t14-/m0/s1. The van der Waals surface area contributed by atoms with Gasteiger partial charge < -0.3 is 15.5 Å². The fourth-order valence-corrected chi connectivity index (χ4v) is 3.05. The molecule has 8 heteroatoms. The van der Waals surface area contributed by atoms with Gasteiger partial charge in [0.2, 0.25) is 5.91 Å². The molecule has 1 heterocycles. The van der Waals surface area contributed by atoms with Crippen LogP contribution in [0.1, 0.15) is 17.5 Å². The van der Waals surface area contributed by atoms with Crippen LogP contribution in [0.4, 0.5) is 29.3 Å². The van der Waals surface area contributed by atoms with Crippen LogP contribution in [-0.4, -0.2) is 25.0 Å². The number of amides is 3. The van der Waals surface area contributed by atoms with Gasteiger partial charge in [0.15, 0.2) is 0 Å². The van der Waals surface area contributed by atoms with Crippen LogP contribution in [0.25, 0.3) is 0 Å². The first kappa shape index (κ1) is 19.7. The highest BCUT2D eigenvalue weighted by molar-refractivity contribution is 5.96. The monoisotopic (exact) mass is 391 g/mol. The molecule has 0 aromatic heterocycles. The van der Waals surface area contributed by atoms with Gasteiger partial charge in [-0.1, -0.05) is 17.7 Å². The van der Waals surface area contributed by atoms with Crippen molar-refractivity contribution in [3.05, 3.63) is 59.7 Å². The molecule has 2 aromatic rings. The van der Waals surface area contributed by atoms with E-state index >= 15 is 0 Å². The highest BCUT2D eigenvalue weighted by Gasteiger charge is 2.31. The molecule has 1 saturated heterocycles. The molecule has 5 nitrogen and oxygen atoms in total. The fourth-order valence-electron chi connectivity index (χ4n) is 3.05. The summed E-state index contributed by atoms with van der Waals surface area (Å²) in [5, 5.41) is 5.16. The quantitative estimate of drug-likeness (QED) is 0.821. The number of aryl methyl sites for hydroxylation is 1. The van der Waals surface area contributed by atoms with Crippen LogP contribution < -0.4 is 15.5 Å². The van der Waals surface area contributed by atoms with E-state index in [0.717, 1.165) is 23.4 Å². The summed E-state index contributed by atoms with van der Waals surface area (Å²) < 4.78 is 37.6. The van der Waals surface area contributed by atoms with Gasteiger partial charge in [-0.15, -0.1) is 0 Å². The van der Waals surface area contributed by atoms with Gasteiger partial charge in [-0.25, -0.2) is 4.79 Å². The summed E-state index contributed by atoms with van der Waals surface area (Å²) in [6.45, 7) is 2.76. The summed E-state index contributed by atoms with van der Waals surface area (Å²) in [5.74, 6) is -0.0361. The number of hydrogen-bond donors (Lipinski definition) is 2. The Morgan fingerprint density at radius 2 is 1.75 bits per heavy atom. The van der Waals surface area contributed by atoms with Crippen molar-refractivity contribution in [1.29, 1.82) is 0 Å². The predicted molar refractivity (Wildman–Crippen MR) is 100 cm³/mol. The van der Waals surface area contributed by atoms with Gasteiger partial charge in [0.05, 0.1) is 5.56 Å². The summed E-state index contributed by atoms with van der Waals surface area (Å²) >= 11 is 0. The van der Waals surface area contributed by atoms with Crippen molar-refractivity contribution in [1.82, 2.24) is 5.32 Å². The molecular formula is C20H20F3N3O2. The Hall–Kier alpha value is -3.03. The fraction of sp³-hybridized carbons (Fsp3) is 0.300. The predicted octanol–water partition coefficient (Wildman–Crippen LogP) is 4.19. The molecule has 0 unspecified atom stereocenters. The van der Waals surface area contributed by atoms with Gasteiger partial charge in [0, 0.05) is 36.8 Å². The number of benzene rings is 2. The Labute approximate surface area is 160 Å². The second-order valence-corrected chi connectivity index (χ2v) is 6.82. The molecule has 1 atom stereocenters. The minimum Gasteiger partial charge on any atom is -0.338 e. The Bertz CT molecular complexity index is 848. The topological polar surface area (TPSA) is 61.4 Å². The number of alkyl halides is 3. The van der Waals surface area contributed by atoms with E-state index < -0.39 is 17.8 Å². The average Bonchev–Trinajstić information content (AvgIpc) is 3.01. The lowest BCUT2D eigenvalue weighted by Crippen LogP contribution is -2.34. The third-order valence-corrected chi connectivity index (χ3v) is 4.57. The lowest BCUT2D eigenvalue weighted by molar-refractivity contribution is -0.137. The molecule has 0 bridgehead atoms. The lowest BCUT2D eigenvalue weighted by Gasteiger charge is -2.17. The maximum absolute atomic E-state index is 12.5. The number of nitrogens with one attached hydrogen (secondary N) is 2. The smallest absolute Gasteiger partial charge is 0.338 e. The van der Waals surface area contributed by atoms with Gasteiger partial charge in [-0.05, 0) is 43.3 Å². The highest BCUT2D eigenvalue weighted by atomic mass is 19.4. The summed E-state index contributed by atoms with van der Waals surface area (Å²) in [6.07, 6.45) is -4.09. The zero-order chi connectivity index (χ0) is 20.3. The van der Waals surface area contributed by atoms with Crippen LogP contribution in [0.5, 0.6) is 0 Å². The van der Waals surface area contributed by atoms with Crippen LogP contribution in [0.2, 0.25) is 0 Å². The van der Waals surface area contributed by atoms with Gasteiger partial charge in [-0.3, -0.25) is 4.79 Å². The number of halogens is 3. The van der Waals surface area contributed by atoms with Crippen molar-refractivity contribution in [2.24, 2.45) is 5.92 Å². The van der Waals surface area contributed by atoms with Gasteiger partial charge in [0.25, 0.3) is 0 Å². The maximum atomic E-state index is 12.5. The molecule has 2 aromatic carbocycles. The van der Waals surface area contributed by atoms with E-state index in [1.54, 1.807) is 4.90 Å². The van der Waals surface area contributed by atoms with E-state index in [-0.39, 0.29) is 17.5 Å². The Morgan fingerprint density at radius 3 is 2.36 bits per heavy atom. The van der Waals surface area contributed by atoms with Crippen LogP contribution in [0.15, 0.2) is 48.5 Å². The van der Waals surface area contributed by atoms with Crippen molar-refractivity contribution >= 4 is 23.3 Å². The highest BCUT2D eigenvalue weighted by Crippen LogP contribution is 2.30.